The summed E-state index contributed by atoms with van der Waals surface area (Å²) in [6, 6.07) is 10.2. The van der Waals surface area contributed by atoms with E-state index in [0.717, 1.165) is 5.56 Å². The van der Waals surface area contributed by atoms with E-state index in [4.69, 9.17) is 14.2 Å². The first-order valence-corrected chi connectivity index (χ1v) is 7.86. The number of phenolic OH excluding ortho intramolecular Hbond substituents is 1. The van der Waals surface area contributed by atoms with Crippen molar-refractivity contribution < 1.29 is 28.9 Å². The highest BCUT2D eigenvalue weighted by Crippen LogP contribution is 2.22. The number of benzene rings is 2. The molecule has 1 unspecified atom stereocenters. The van der Waals surface area contributed by atoms with Gasteiger partial charge in [-0.3, -0.25) is 4.79 Å². The van der Waals surface area contributed by atoms with E-state index in [9.17, 15) is 14.7 Å². The van der Waals surface area contributed by atoms with E-state index >= 15 is 0 Å². The number of carbonyl (C=O) groups excluding carboxylic acids is 2. The van der Waals surface area contributed by atoms with Gasteiger partial charge in [-0.25, -0.2) is 4.79 Å². The second kappa shape index (κ2) is 8.75. The molecule has 0 aliphatic carbocycles. The van der Waals surface area contributed by atoms with Crippen LogP contribution in [-0.4, -0.2) is 44.4 Å². The number of ether oxygens (including phenoxy) is 3. The van der Waals surface area contributed by atoms with Gasteiger partial charge in [-0.05, 0) is 29.8 Å². The van der Waals surface area contributed by atoms with Gasteiger partial charge in [-0.2, -0.15) is 0 Å². The van der Waals surface area contributed by atoms with Gasteiger partial charge in [0.25, 0.3) is 5.91 Å². The van der Waals surface area contributed by atoms with Gasteiger partial charge >= 0.3 is 5.97 Å². The molecule has 0 radical (unpaired) electrons. The van der Waals surface area contributed by atoms with Crippen LogP contribution in [0.15, 0.2) is 42.5 Å². The molecule has 7 nitrogen and oxygen atoms in total. The summed E-state index contributed by atoms with van der Waals surface area (Å²) in [5, 5.41) is 12.0. The summed E-state index contributed by atoms with van der Waals surface area (Å²) in [5.41, 5.74) is 1.06. The van der Waals surface area contributed by atoms with E-state index in [1.54, 1.807) is 30.3 Å². The number of hydrogen-bond acceptors (Lipinski definition) is 6. The van der Waals surface area contributed by atoms with Crippen molar-refractivity contribution in [3.63, 3.8) is 0 Å². The summed E-state index contributed by atoms with van der Waals surface area (Å²) in [5.74, 6) is 0.0128. The molecule has 2 aromatic carbocycles. The van der Waals surface area contributed by atoms with Gasteiger partial charge in [0, 0.05) is 18.1 Å². The van der Waals surface area contributed by atoms with Crippen molar-refractivity contribution in [3.05, 3.63) is 53.6 Å². The Morgan fingerprint density at radius 2 is 1.58 bits per heavy atom. The van der Waals surface area contributed by atoms with Crippen LogP contribution in [0.4, 0.5) is 0 Å². The first-order valence-electron chi connectivity index (χ1n) is 7.86. The van der Waals surface area contributed by atoms with Gasteiger partial charge in [0.1, 0.15) is 23.3 Å². The van der Waals surface area contributed by atoms with Gasteiger partial charge in [-0.1, -0.05) is 12.1 Å². The lowest BCUT2D eigenvalue weighted by Crippen LogP contribution is -2.43. The zero-order valence-corrected chi connectivity index (χ0v) is 14.8. The Morgan fingerprint density at radius 3 is 2.08 bits per heavy atom. The van der Waals surface area contributed by atoms with Crippen LogP contribution in [0.3, 0.4) is 0 Å². The first kappa shape index (κ1) is 19.1. The topological polar surface area (TPSA) is 94.1 Å². The Balaban J connectivity index is 2.20. The number of aromatic hydroxyl groups is 1. The maximum atomic E-state index is 12.6. The minimum Gasteiger partial charge on any atom is -0.508 e. The molecule has 2 aromatic rings. The molecule has 7 heteroatoms. The Hall–Kier alpha value is -3.22. The van der Waals surface area contributed by atoms with Crippen LogP contribution in [-0.2, 0) is 16.0 Å². The predicted octanol–water partition coefficient (Wildman–Crippen LogP) is 1.92. The molecular weight excluding hydrogens is 338 g/mol. The third-order valence-electron chi connectivity index (χ3n) is 3.78. The summed E-state index contributed by atoms with van der Waals surface area (Å²) < 4.78 is 15.1. The predicted molar refractivity (Wildman–Crippen MR) is 94.6 cm³/mol. The van der Waals surface area contributed by atoms with E-state index in [1.807, 2.05) is 0 Å². The van der Waals surface area contributed by atoms with E-state index in [-0.39, 0.29) is 12.2 Å². The average molecular weight is 359 g/mol. The number of esters is 1. The highest BCUT2D eigenvalue weighted by atomic mass is 16.5. The van der Waals surface area contributed by atoms with E-state index in [1.165, 1.54) is 33.5 Å². The molecule has 26 heavy (non-hydrogen) atoms. The summed E-state index contributed by atoms with van der Waals surface area (Å²) in [6.07, 6.45) is 0.222. The zero-order chi connectivity index (χ0) is 19.1. The van der Waals surface area contributed by atoms with Gasteiger partial charge < -0.3 is 24.6 Å². The smallest absolute Gasteiger partial charge is 0.328 e. The molecule has 0 aliphatic heterocycles. The van der Waals surface area contributed by atoms with Crippen molar-refractivity contribution in [2.45, 2.75) is 12.5 Å². The molecule has 138 valence electrons. The monoisotopic (exact) mass is 359 g/mol. The minimum atomic E-state index is -0.880. The van der Waals surface area contributed by atoms with Crippen LogP contribution in [0.5, 0.6) is 17.2 Å². The molecule has 0 saturated heterocycles. The average Bonchev–Trinajstić information content (AvgIpc) is 2.67. The quantitative estimate of drug-likeness (QED) is 0.734. The van der Waals surface area contributed by atoms with E-state index in [0.29, 0.717) is 17.1 Å². The SMILES string of the molecule is COC(=O)C(Cc1ccc(O)cc1)NC(=O)c1cc(OC)cc(OC)c1. The van der Waals surface area contributed by atoms with Gasteiger partial charge in [0.15, 0.2) is 0 Å². The molecule has 0 fully saturated rings. The van der Waals surface area contributed by atoms with Crippen molar-refractivity contribution in [1.29, 1.82) is 0 Å². The lowest BCUT2D eigenvalue weighted by atomic mass is 10.0. The third kappa shape index (κ3) is 4.89. The van der Waals surface area contributed by atoms with E-state index < -0.39 is 17.9 Å². The van der Waals surface area contributed by atoms with Crippen molar-refractivity contribution in [2.75, 3.05) is 21.3 Å². The number of carbonyl (C=O) groups is 2. The number of phenols is 1. The maximum absolute atomic E-state index is 12.6. The molecule has 1 atom stereocenters. The van der Waals surface area contributed by atoms with Crippen LogP contribution in [0.25, 0.3) is 0 Å². The Morgan fingerprint density at radius 1 is 1.00 bits per heavy atom. The lowest BCUT2D eigenvalue weighted by Gasteiger charge is -2.17. The number of nitrogens with one attached hydrogen (secondary N) is 1. The van der Waals surface area contributed by atoms with Crippen molar-refractivity contribution in [1.82, 2.24) is 5.32 Å². The van der Waals surface area contributed by atoms with Crippen molar-refractivity contribution in [3.8, 4) is 17.2 Å². The molecule has 0 heterocycles. The fourth-order valence-electron chi connectivity index (χ4n) is 2.38. The van der Waals surface area contributed by atoms with Crippen molar-refractivity contribution in [2.24, 2.45) is 0 Å². The van der Waals surface area contributed by atoms with Crippen LogP contribution >= 0.6 is 0 Å². The number of methoxy groups -OCH3 is 3. The summed E-state index contributed by atoms with van der Waals surface area (Å²) in [4.78, 5) is 24.6. The molecule has 2 N–H and O–H groups in total. The standard InChI is InChI=1S/C19H21NO6/c1-24-15-9-13(10-16(11-15)25-2)18(22)20-17(19(23)26-3)8-12-4-6-14(21)7-5-12/h4-7,9-11,17,21H,8H2,1-3H3,(H,20,22). The lowest BCUT2D eigenvalue weighted by molar-refractivity contribution is -0.142. The molecule has 0 aromatic heterocycles. The number of rotatable bonds is 7. The van der Waals surface area contributed by atoms with Gasteiger partial charge in [-0.15, -0.1) is 0 Å². The minimum absolute atomic E-state index is 0.121. The van der Waals surface area contributed by atoms with Gasteiger partial charge in [0.05, 0.1) is 21.3 Å². The van der Waals surface area contributed by atoms with Crippen molar-refractivity contribution >= 4 is 11.9 Å². The normalized spacial score (nSPS) is 11.3. The van der Waals surface area contributed by atoms with E-state index in [2.05, 4.69) is 5.32 Å². The zero-order valence-electron chi connectivity index (χ0n) is 14.8. The largest absolute Gasteiger partial charge is 0.508 e. The fraction of sp³-hybridized carbons (Fsp3) is 0.263. The summed E-state index contributed by atoms with van der Waals surface area (Å²) in [7, 11) is 4.23. The van der Waals surface area contributed by atoms with Crippen LogP contribution in [0, 0.1) is 0 Å². The van der Waals surface area contributed by atoms with Crippen LogP contribution in [0.1, 0.15) is 15.9 Å². The molecular formula is C19H21NO6. The van der Waals surface area contributed by atoms with Crippen LogP contribution in [0.2, 0.25) is 0 Å². The molecule has 0 aliphatic rings. The molecule has 0 saturated carbocycles. The molecule has 1 amide bonds. The maximum Gasteiger partial charge on any atom is 0.328 e. The third-order valence-corrected chi connectivity index (χ3v) is 3.78. The Bertz CT molecular complexity index is 750. The molecule has 0 spiro atoms. The number of hydrogen-bond donors (Lipinski definition) is 2. The summed E-state index contributed by atoms with van der Waals surface area (Å²) in [6.45, 7) is 0. The Kier molecular flexibility index (Phi) is 6.43. The molecule has 0 bridgehead atoms. The second-order valence-electron chi connectivity index (χ2n) is 5.52. The highest BCUT2D eigenvalue weighted by molar-refractivity contribution is 5.97. The first-order chi connectivity index (χ1) is 12.5. The second-order valence-corrected chi connectivity index (χ2v) is 5.52. The number of amides is 1. The summed E-state index contributed by atoms with van der Waals surface area (Å²) >= 11 is 0. The highest BCUT2D eigenvalue weighted by Gasteiger charge is 2.23. The fourth-order valence-corrected chi connectivity index (χ4v) is 2.38. The van der Waals surface area contributed by atoms with Crippen LogP contribution < -0.4 is 14.8 Å². The van der Waals surface area contributed by atoms with Gasteiger partial charge in [0.2, 0.25) is 0 Å². The Labute approximate surface area is 151 Å². The molecule has 2 rings (SSSR count).